The van der Waals surface area contributed by atoms with Crippen LogP contribution >= 0.6 is 11.6 Å². The number of pyridine rings is 1. The summed E-state index contributed by atoms with van der Waals surface area (Å²) in [4.78, 5) is 6.27. The molecule has 0 bridgehead atoms. The minimum Gasteiger partial charge on any atom is -0.395 e. The average molecular weight is 257 g/mol. The van der Waals surface area contributed by atoms with Gasteiger partial charge in [-0.15, -0.1) is 0 Å². The quantitative estimate of drug-likeness (QED) is 0.762. The van der Waals surface area contributed by atoms with Crippen molar-refractivity contribution >= 4 is 11.6 Å². The van der Waals surface area contributed by atoms with Crippen LogP contribution in [0.1, 0.15) is 32.3 Å². The van der Waals surface area contributed by atoms with Gasteiger partial charge in [-0.3, -0.25) is 4.90 Å². The molecule has 1 rings (SSSR count). The van der Waals surface area contributed by atoms with Crippen LogP contribution in [0.2, 0.25) is 5.15 Å². The van der Waals surface area contributed by atoms with Crippen molar-refractivity contribution in [1.29, 1.82) is 0 Å². The van der Waals surface area contributed by atoms with Gasteiger partial charge in [-0.2, -0.15) is 0 Å². The fraction of sp³-hybridized carbons (Fsp3) is 0.615. The summed E-state index contributed by atoms with van der Waals surface area (Å²) in [7, 11) is 0. The topological polar surface area (TPSA) is 36.4 Å². The maximum Gasteiger partial charge on any atom is 0.129 e. The van der Waals surface area contributed by atoms with Crippen molar-refractivity contribution in [2.45, 2.75) is 39.3 Å². The zero-order valence-electron chi connectivity index (χ0n) is 10.6. The summed E-state index contributed by atoms with van der Waals surface area (Å²) in [5, 5.41) is 9.65. The third kappa shape index (κ3) is 4.62. The number of hydrogen-bond donors (Lipinski definition) is 1. The van der Waals surface area contributed by atoms with Gasteiger partial charge in [0.05, 0.1) is 6.61 Å². The highest BCUT2D eigenvalue weighted by molar-refractivity contribution is 6.29. The van der Waals surface area contributed by atoms with Gasteiger partial charge in [0.2, 0.25) is 0 Å². The van der Waals surface area contributed by atoms with Crippen LogP contribution in [0, 0.1) is 0 Å². The van der Waals surface area contributed by atoms with E-state index in [0.29, 0.717) is 17.7 Å². The predicted molar refractivity (Wildman–Crippen MR) is 71.1 cm³/mol. The smallest absolute Gasteiger partial charge is 0.129 e. The van der Waals surface area contributed by atoms with E-state index in [0.717, 1.165) is 24.9 Å². The normalized spacial score (nSPS) is 11.4. The van der Waals surface area contributed by atoms with E-state index in [1.165, 1.54) is 0 Å². The maximum absolute atomic E-state index is 9.13. The lowest BCUT2D eigenvalue weighted by molar-refractivity contribution is 0.136. The molecule has 0 atom stereocenters. The molecular weight excluding hydrogens is 236 g/mol. The summed E-state index contributed by atoms with van der Waals surface area (Å²) in [5.74, 6) is 0. The molecule has 0 spiro atoms. The van der Waals surface area contributed by atoms with Crippen molar-refractivity contribution in [1.82, 2.24) is 9.88 Å². The zero-order chi connectivity index (χ0) is 12.7. The Balaban J connectivity index is 2.71. The van der Waals surface area contributed by atoms with Crippen molar-refractivity contribution in [3.05, 3.63) is 29.0 Å². The molecule has 0 radical (unpaired) electrons. The molecule has 0 fully saturated rings. The van der Waals surface area contributed by atoms with Gasteiger partial charge < -0.3 is 5.11 Å². The summed E-state index contributed by atoms with van der Waals surface area (Å²) >= 11 is 5.87. The van der Waals surface area contributed by atoms with Crippen LogP contribution < -0.4 is 0 Å². The van der Waals surface area contributed by atoms with Gasteiger partial charge >= 0.3 is 0 Å². The maximum atomic E-state index is 9.13. The highest BCUT2D eigenvalue weighted by Gasteiger charge is 2.14. The lowest BCUT2D eigenvalue weighted by atomic mass is 10.1. The largest absolute Gasteiger partial charge is 0.395 e. The molecule has 0 unspecified atom stereocenters. The Morgan fingerprint density at radius 1 is 1.41 bits per heavy atom. The first-order valence-electron chi connectivity index (χ1n) is 6.16. The van der Waals surface area contributed by atoms with Gasteiger partial charge in [-0.05, 0) is 30.5 Å². The molecule has 0 aliphatic carbocycles. The third-order valence-corrected chi connectivity index (χ3v) is 3.23. The fourth-order valence-electron chi connectivity index (χ4n) is 2.10. The predicted octanol–water partition coefficient (Wildman–Crippen LogP) is 2.72. The molecular formula is C13H21ClN2O. The molecule has 0 saturated heterocycles. The minimum absolute atomic E-state index is 0.190. The van der Waals surface area contributed by atoms with Crippen molar-refractivity contribution in [3.63, 3.8) is 0 Å². The van der Waals surface area contributed by atoms with Crippen molar-refractivity contribution in [3.8, 4) is 0 Å². The lowest BCUT2D eigenvalue weighted by Crippen LogP contribution is -2.36. The number of aromatic nitrogens is 1. The third-order valence-electron chi connectivity index (χ3n) is 3.02. The van der Waals surface area contributed by atoms with E-state index < -0.39 is 0 Å². The van der Waals surface area contributed by atoms with Crippen molar-refractivity contribution in [2.75, 3.05) is 13.2 Å². The first-order valence-corrected chi connectivity index (χ1v) is 6.54. The van der Waals surface area contributed by atoms with E-state index in [1.54, 1.807) is 6.20 Å². The Bertz CT molecular complexity index is 329. The molecule has 1 aromatic rings. The molecule has 1 heterocycles. The van der Waals surface area contributed by atoms with E-state index in [4.69, 9.17) is 16.7 Å². The summed E-state index contributed by atoms with van der Waals surface area (Å²) in [6, 6.07) is 4.36. The molecule has 0 aliphatic heterocycles. The highest BCUT2D eigenvalue weighted by atomic mass is 35.5. The Kier molecular flexibility index (Phi) is 6.48. The first-order chi connectivity index (χ1) is 8.21. The SMILES string of the molecule is CCC(CC)N(CCO)Cc1ccnc(Cl)c1. The van der Waals surface area contributed by atoms with E-state index in [-0.39, 0.29) is 6.61 Å². The molecule has 3 nitrogen and oxygen atoms in total. The van der Waals surface area contributed by atoms with Crippen LogP contribution in [0.25, 0.3) is 0 Å². The second-order valence-electron chi connectivity index (χ2n) is 4.15. The lowest BCUT2D eigenvalue weighted by Gasteiger charge is -2.29. The Morgan fingerprint density at radius 3 is 2.65 bits per heavy atom. The number of halogens is 1. The molecule has 4 heteroatoms. The summed E-state index contributed by atoms with van der Waals surface area (Å²) in [6.07, 6.45) is 3.91. The Hall–Kier alpha value is -0.640. The average Bonchev–Trinajstić information content (AvgIpc) is 2.31. The van der Waals surface area contributed by atoms with E-state index >= 15 is 0 Å². The summed E-state index contributed by atoms with van der Waals surface area (Å²) < 4.78 is 0. The van der Waals surface area contributed by atoms with Gasteiger partial charge in [0.15, 0.2) is 0 Å². The molecule has 1 N–H and O–H groups in total. The molecule has 0 amide bonds. The van der Waals surface area contributed by atoms with E-state index in [2.05, 4.69) is 23.7 Å². The molecule has 17 heavy (non-hydrogen) atoms. The van der Waals surface area contributed by atoms with Gasteiger partial charge in [0.1, 0.15) is 5.15 Å². The number of hydrogen-bond acceptors (Lipinski definition) is 3. The summed E-state index contributed by atoms with van der Waals surface area (Å²) in [6.45, 7) is 6.06. The number of aliphatic hydroxyl groups excluding tert-OH is 1. The molecule has 0 aromatic carbocycles. The first kappa shape index (κ1) is 14.4. The van der Waals surface area contributed by atoms with Crippen LogP contribution in [0.5, 0.6) is 0 Å². The standard InChI is InChI=1S/C13H21ClN2O/c1-3-12(4-2)16(7-8-17)10-11-5-6-15-13(14)9-11/h5-6,9,12,17H,3-4,7-8,10H2,1-2H3. The van der Waals surface area contributed by atoms with Crippen LogP contribution in [0.3, 0.4) is 0 Å². The van der Waals surface area contributed by atoms with Gasteiger partial charge in [-0.25, -0.2) is 4.98 Å². The zero-order valence-corrected chi connectivity index (χ0v) is 11.3. The molecule has 0 aliphatic rings. The van der Waals surface area contributed by atoms with E-state index in [1.807, 2.05) is 12.1 Å². The minimum atomic E-state index is 0.190. The van der Waals surface area contributed by atoms with Crippen molar-refractivity contribution in [2.24, 2.45) is 0 Å². The number of aliphatic hydroxyl groups is 1. The van der Waals surface area contributed by atoms with Gasteiger partial charge in [0, 0.05) is 25.3 Å². The fourth-order valence-corrected chi connectivity index (χ4v) is 2.30. The van der Waals surface area contributed by atoms with Gasteiger partial charge in [-0.1, -0.05) is 25.4 Å². The highest BCUT2D eigenvalue weighted by Crippen LogP contribution is 2.15. The van der Waals surface area contributed by atoms with Crippen LogP contribution in [0.15, 0.2) is 18.3 Å². The molecule has 1 aromatic heterocycles. The molecule has 96 valence electrons. The Morgan fingerprint density at radius 2 is 2.12 bits per heavy atom. The monoisotopic (exact) mass is 256 g/mol. The van der Waals surface area contributed by atoms with Crippen LogP contribution in [0.4, 0.5) is 0 Å². The number of nitrogens with zero attached hydrogens (tertiary/aromatic N) is 2. The summed E-state index contributed by atoms with van der Waals surface area (Å²) in [5.41, 5.74) is 1.14. The Labute approximate surface area is 108 Å². The second kappa shape index (κ2) is 7.64. The van der Waals surface area contributed by atoms with Crippen molar-refractivity contribution < 1.29 is 5.11 Å². The van der Waals surface area contributed by atoms with E-state index in [9.17, 15) is 0 Å². The number of rotatable bonds is 7. The van der Waals surface area contributed by atoms with Gasteiger partial charge in [0.25, 0.3) is 0 Å². The molecule has 0 saturated carbocycles. The van der Waals surface area contributed by atoms with Crippen LogP contribution in [-0.4, -0.2) is 34.2 Å². The second-order valence-corrected chi connectivity index (χ2v) is 4.54. The van der Waals surface area contributed by atoms with Crippen LogP contribution in [-0.2, 0) is 6.54 Å².